The molecule has 0 saturated heterocycles. The first-order valence-electron chi connectivity index (χ1n) is 4.04. The van der Waals surface area contributed by atoms with Gasteiger partial charge in [0, 0.05) is 17.1 Å². The Kier molecular flexibility index (Phi) is 2.33. The molecular weight excluding hydrogens is 232 g/mol. The van der Waals surface area contributed by atoms with E-state index >= 15 is 0 Å². The summed E-state index contributed by atoms with van der Waals surface area (Å²) in [6.45, 7) is 0.131. The molecule has 0 amide bonds. The van der Waals surface area contributed by atoms with Crippen LogP contribution in [0.25, 0.3) is 5.52 Å². The molecule has 0 radical (unpaired) electrons. The first-order valence-corrected chi connectivity index (χ1v) is 4.83. The molecule has 0 aliphatic carbocycles. The highest BCUT2D eigenvalue weighted by Crippen LogP contribution is 2.18. The zero-order chi connectivity index (χ0) is 9.26. The standard InChI is InChI=1S/C9H9BrN2O/c10-7-2-1-4-12-8(7)6-11-9(12)3-5-13/h1-2,4,6,13H,3,5H2. The number of aliphatic hydroxyl groups is 1. The minimum atomic E-state index is 0.131. The lowest BCUT2D eigenvalue weighted by molar-refractivity contribution is 0.296. The van der Waals surface area contributed by atoms with Crippen LogP contribution in [0, 0.1) is 0 Å². The van der Waals surface area contributed by atoms with Crippen molar-refractivity contribution < 1.29 is 5.11 Å². The Morgan fingerprint density at radius 3 is 3.15 bits per heavy atom. The van der Waals surface area contributed by atoms with Crippen molar-refractivity contribution in [1.29, 1.82) is 0 Å². The van der Waals surface area contributed by atoms with E-state index in [0.29, 0.717) is 6.42 Å². The van der Waals surface area contributed by atoms with Gasteiger partial charge >= 0.3 is 0 Å². The molecule has 1 N–H and O–H groups in total. The van der Waals surface area contributed by atoms with Crippen LogP contribution in [0.2, 0.25) is 0 Å². The van der Waals surface area contributed by atoms with E-state index in [1.807, 2.05) is 22.7 Å². The van der Waals surface area contributed by atoms with Crippen molar-refractivity contribution in [3.63, 3.8) is 0 Å². The fourth-order valence-electron chi connectivity index (χ4n) is 1.33. The van der Waals surface area contributed by atoms with E-state index < -0.39 is 0 Å². The Morgan fingerprint density at radius 1 is 1.54 bits per heavy atom. The maximum atomic E-state index is 8.80. The van der Waals surface area contributed by atoms with E-state index in [0.717, 1.165) is 15.8 Å². The highest BCUT2D eigenvalue weighted by molar-refractivity contribution is 9.10. The molecule has 2 aromatic rings. The lowest BCUT2D eigenvalue weighted by Gasteiger charge is -1.99. The van der Waals surface area contributed by atoms with Crippen molar-refractivity contribution in [2.24, 2.45) is 0 Å². The molecule has 0 aromatic carbocycles. The Labute approximate surface area is 84.2 Å². The quantitative estimate of drug-likeness (QED) is 0.867. The molecule has 0 aliphatic heterocycles. The van der Waals surface area contributed by atoms with E-state index in [2.05, 4.69) is 20.9 Å². The van der Waals surface area contributed by atoms with Crippen LogP contribution in [-0.4, -0.2) is 21.1 Å². The van der Waals surface area contributed by atoms with Crippen LogP contribution in [0.15, 0.2) is 29.0 Å². The number of rotatable bonds is 2. The molecular formula is C9H9BrN2O. The lowest BCUT2D eigenvalue weighted by Crippen LogP contribution is -1.97. The summed E-state index contributed by atoms with van der Waals surface area (Å²) in [6.07, 6.45) is 4.33. The molecule has 0 atom stereocenters. The third kappa shape index (κ3) is 1.47. The van der Waals surface area contributed by atoms with Gasteiger partial charge in [-0.1, -0.05) is 0 Å². The van der Waals surface area contributed by atoms with Crippen LogP contribution in [0.5, 0.6) is 0 Å². The van der Waals surface area contributed by atoms with Crippen LogP contribution in [0.1, 0.15) is 5.82 Å². The second-order valence-electron chi connectivity index (χ2n) is 2.76. The van der Waals surface area contributed by atoms with Crippen molar-refractivity contribution in [3.05, 3.63) is 34.8 Å². The topological polar surface area (TPSA) is 37.5 Å². The zero-order valence-corrected chi connectivity index (χ0v) is 8.53. The first kappa shape index (κ1) is 8.72. The summed E-state index contributed by atoms with van der Waals surface area (Å²) >= 11 is 3.44. The Bertz CT molecular complexity index is 424. The van der Waals surface area contributed by atoms with Gasteiger partial charge in [-0.15, -0.1) is 0 Å². The molecule has 13 heavy (non-hydrogen) atoms. The van der Waals surface area contributed by atoms with Crippen molar-refractivity contribution in [2.45, 2.75) is 6.42 Å². The predicted octanol–water partition coefficient (Wildman–Crippen LogP) is 1.63. The van der Waals surface area contributed by atoms with Gasteiger partial charge in [0.2, 0.25) is 0 Å². The molecule has 0 unspecified atom stereocenters. The molecule has 0 bridgehead atoms. The van der Waals surface area contributed by atoms with Gasteiger partial charge in [-0.3, -0.25) is 0 Å². The first-order chi connectivity index (χ1) is 6.33. The van der Waals surface area contributed by atoms with Crippen LogP contribution in [-0.2, 0) is 6.42 Å². The molecule has 0 saturated carbocycles. The number of halogens is 1. The number of hydrogen-bond donors (Lipinski definition) is 1. The van der Waals surface area contributed by atoms with Gasteiger partial charge in [-0.25, -0.2) is 4.98 Å². The number of aliphatic hydroxyl groups excluding tert-OH is 1. The van der Waals surface area contributed by atoms with Crippen LogP contribution in [0.3, 0.4) is 0 Å². The molecule has 2 rings (SSSR count). The summed E-state index contributed by atoms with van der Waals surface area (Å²) < 4.78 is 2.99. The van der Waals surface area contributed by atoms with Gasteiger partial charge in [-0.05, 0) is 28.1 Å². The largest absolute Gasteiger partial charge is 0.396 e. The van der Waals surface area contributed by atoms with Crippen molar-refractivity contribution in [1.82, 2.24) is 9.38 Å². The molecule has 4 heteroatoms. The maximum absolute atomic E-state index is 8.80. The van der Waals surface area contributed by atoms with Crippen molar-refractivity contribution in [3.8, 4) is 0 Å². The maximum Gasteiger partial charge on any atom is 0.115 e. The Hall–Kier alpha value is -0.870. The lowest BCUT2D eigenvalue weighted by atomic mass is 10.4. The summed E-state index contributed by atoms with van der Waals surface area (Å²) in [6, 6.07) is 3.92. The van der Waals surface area contributed by atoms with Crippen molar-refractivity contribution in [2.75, 3.05) is 6.61 Å². The number of imidazole rings is 1. The number of fused-ring (bicyclic) bond motifs is 1. The highest BCUT2D eigenvalue weighted by atomic mass is 79.9. The van der Waals surface area contributed by atoms with Gasteiger partial charge < -0.3 is 9.51 Å². The average Bonchev–Trinajstić information content (AvgIpc) is 2.51. The molecule has 2 aromatic heterocycles. The average molecular weight is 241 g/mol. The Balaban J connectivity index is 2.61. The fraction of sp³-hybridized carbons (Fsp3) is 0.222. The van der Waals surface area contributed by atoms with E-state index in [-0.39, 0.29) is 6.61 Å². The predicted molar refractivity (Wildman–Crippen MR) is 53.7 cm³/mol. The van der Waals surface area contributed by atoms with Gasteiger partial charge in [-0.2, -0.15) is 0 Å². The second kappa shape index (κ2) is 3.47. The molecule has 0 spiro atoms. The van der Waals surface area contributed by atoms with Crippen LogP contribution >= 0.6 is 15.9 Å². The van der Waals surface area contributed by atoms with Crippen molar-refractivity contribution >= 4 is 21.4 Å². The number of hydrogen-bond acceptors (Lipinski definition) is 2. The van der Waals surface area contributed by atoms with E-state index in [1.165, 1.54) is 0 Å². The molecule has 0 fully saturated rings. The van der Waals surface area contributed by atoms with Gasteiger partial charge in [0.1, 0.15) is 5.82 Å². The molecule has 68 valence electrons. The molecule has 0 aliphatic rings. The minimum absolute atomic E-state index is 0.131. The number of pyridine rings is 1. The summed E-state index contributed by atoms with van der Waals surface area (Å²) in [4.78, 5) is 4.22. The zero-order valence-electron chi connectivity index (χ0n) is 6.94. The monoisotopic (exact) mass is 240 g/mol. The molecule has 3 nitrogen and oxygen atoms in total. The van der Waals surface area contributed by atoms with E-state index in [4.69, 9.17) is 5.11 Å². The SMILES string of the molecule is OCCc1ncc2c(Br)cccn12. The fourth-order valence-corrected chi connectivity index (χ4v) is 1.77. The number of nitrogens with zero attached hydrogens (tertiary/aromatic N) is 2. The summed E-state index contributed by atoms with van der Waals surface area (Å²) in [7, 11) is 0. The third-order valence-electron chi connectivity index (χ3n) is 1.93. The van der Waals surface area contributed by atoms with Gasteiger partial charge in [0.25, 0.3) is 0 Å². The summed E-state index contributed by atoms with van der Waals surface area (Å²) in [5, 5.41) is 8.80. The van der Waals surface area contributed by atoms with Crippen LogP contribution < -0.4 is 0 Å². The van der Waals surface area contributed by atoms with Gasteiger partial charge in [0.15, 0.2) is 0 Å². The van der Waals surface area contributed by atoms with Crippen LogP contribution in [0.4, 0.5) is 0 Å². The normalized spacial score (nSPS) is 10.9. The van der Waals surface area contributed by atoms with Gasteiger partial charge in [0.05, 0.1) is 18.3 Å². The minimum Gasteiger partial charge on any atom is -0.396 e. The smallest absolute Gasteiger partial charge is 0.115 e. The Morgan fingerprint density at radius 2 is 2.38 bits per heavy atom. The second-order valence-corrected chi connectivity index (χ2v) is 3.61. The third-order valence-corrected chi connectivity index (χ3v) is 2.60. The number of aromatic nitrogens is 2. The molecule has 2 heterocycles. The highest BCUT2D eigenvalue weighted by Gasteiger charge is 2.03. The summed E-state index contributed by atoms with van der Waals surface area (Å²) in [5.74, 6) is 0.888. The van der Waals surface area contributed by atoms with E-state index in [9.17, 15) is 0 Å². The summed E-state index contributed by atoms with van der Waals surface area (Å²) in [5.41, 5.74) is 1.03. The van der Waals surface area contributed by atoms with E-state index in [1.54, 1.807) is 6.20 Å².